The van der Waals surface area contributed by atoms with Crippen LogP contribution in [0.15, 0.2) is 84.3 Å². The standard InChI is InChI=1S/C25H26N2O3S/c1-5-15-27(31(29,30)23-9-7-6-8-10-23)22-13-11-21(12-14-22)25(28)26-24-19(3)16-18(2)17-20(24)4/h5-14,16-17H,1,15H2,2-4H3,(H,26,28). The molecule has 31 heavy (non-hydrogen) atoms. The van der Waals surface area contributed by atoms with Crippen molar-refractivity contribution in [3.8, 4) is 0 Å². The average molecular weight is 435 g/mol. The maximum atomic E-state index is 13.1. The molecule has 0 atom stereocenters. The third-order valence-corrected chi connectivity index (χ3v) is 6.77. The van der Waals surface area contributed by atoms with E-state index in [9.17, 15) is 13.2 Å². The highest BCUT2D eigenvalue weighted by Gasteiger charge is 2.24. The highest BCUT2D eigenvalue weighted by Crippen LogP contribution is 2.26. The number of carbonyl (C=O) groups excluding carboxylic acids is 1. The first kappa shape index (κ1) is 22.3. The Morgan fingerprint density at radius 3 is 2.10 bits per heavy atom. The molecule has 0 heterocycles. The fourth-order valence-electron chi connectivity index (χ4n) is 3.52. The Kier molecular flexibility index (Phi) is 6.61. The van der Waals surface area contributed by atoms with Crippen molar-refractivity contribution in [3.63, 3.8) is 0 Å². The highest BCUT2D eigenvalue weighted by molar-refractivity contribution is 7.92. The van der Waals surface area contributed by atoms with E-state index < -0.39 is 10.0 Å². The molecular weight excluding hydrogens is 408 g/mol. The van der Waals surface area contributed by atoms with Gasteiger partial charge >= 0.3 is 0 Å². The molecule has 0 bridgehead atoms. The zero-order valence-electron chi connectivity index (χ0n) is 17.9. The van der Waals surface area contributed by atoms with Crippen LogP contribution >= 0.6 is 0 Å². The Balaban J connectivity index is 1.87. The summed E-state index contributed by atoms with van der Waals surface area (Å²) in [5.41, 5.74) is 4.82. The molecule has 0 unspecified atom stereocenters. The third kappa shape index (κ3) is 4.86. The van der Waals surface area contributed by atoms with Gasteiger partial charge in [0.25, 0.3) is 15.9 Å². The topological polar surface area (TPSA) is 66.5 Å². The molecule has 3 aromatic rings. The molecule has 3 rings (SSSR count). The molecule has 1 N–H and O–H groups in total. The van der Waals surface area contributed by atoms with Crippen LogP contribution in [0.1, 0.15) is 27.0 Å². The zero-order chi connectivity index (χ0) is 22.6. The van der Waals surface area contributed by atoms with Crippen LogP contribution < -0.4 is 9.62 Å². The minimum absolute atomic E-state index is 0.116. The normalized spacial score (nSPS) is 11.1. The van der Waals surface area contributed by atoms with Crippen LogP contribution in [0.25, 0.3) is 0 Å². The van der Waals surface area contributed by atoms with Crippen LogP contribution in [0.4, 0.5) is 11.4 Å². The number of anilines is 2. The minimum atomic E-state index is -3.75. The molecule has 0 saturated carbocycles. The van der Waals surface area contributed by atoms with E-state index in [1.165, 1.54) is 10.4 Å². The van der Waals surface area contributed by atoms with E-state index in [0.717, 1.165) is 22.4 Å². The lowest BCUT2D eigenvalue weighted by Crippen LogP contribution is -2.31. The number of hydrogen-bond donors (Lipinski definition) is 1. The number of nitrogens with one attached hydrogen (secondary N) is 1. The van der Waals surface area contributed by atoms with Gasteiger partial charge in [-0.2, -0.15) is 0 Å². The second-order valence-corrected chi connectivity index (χ2v) is 9.27. The van der Waals surface area contributed by atoms with Crippen LogP contribution in [-0.4, -0.2) is 20.9 Å². The van der Waals surface area contributed by atoms with Gasteiger partial charge in [0.15, 0.2) is 0 Å². The monoisotopic (exact) mass is 434 g/mol. The Hall–Kier alpha value is -3.38. The van der Waals surface area contributed by atoms with Crippen LogP contribution in [0.5, 0.6) is 0 Å². The number of rotatable bonds is 7. The lowest BCUT2D eigenvalue weighted by Gasteiger charge is -2.23. The number of nitrogens with zero attached hydrogens (tertiary/aromatic N) is 1. The maximum absolute atomic E-state index is 13.1. The number of amides is 1. The van der Waals surface area contributed by atoms with E-state index in [-0.39, 0.29) is 17.3 Å². The van der Waals surface area contributed by atoms with Crippen LogP contribution in [0, 0.1) is 20.8 Å². The van der Waals surface area contributed by atoms with Crippen LogP contribution in [0.2, 0.25) is 0 Å². The van der Waals surface area contributed by atoms with Crippen molar-refractivity contribution in [2.24, 2.45) is 0 Å². The van der Waals surface area contributed by atoms with Gasteiger partial charge in [-0.3, -0.25) is 9.10 Å². The lowest BCUT2D eigenvalue weighted by molar-refractivity contribution is 0.102. The Labute approximate surface area is 184 Å². The van der Waals surface area contributed by atoms with Gasteiger partial charge in [-0.25, -0.2) is 8.42 Å². The van der Waals surface area contributed by atoms with Gasteiger partial charge in [-0.15, -0.1) is 6.58 Å². The van der Waals surface area contributed by atoms with E-state index >= 15 is 0 Å². The van der Waals surface area contributed by atoms with Gasteiger partial charge in [-0.1, -0.05) is 42.0 Å². The van der Waals surface area contributed by atoms with Crippen LogP contribution in [-0.2, 0) is 10.0 Å². The molecule has 0 aromatic heterocycles. The molecule has 0 aliphatic carbocycles. The Morgan fingerprint density at radius 2 is 1.55 bits per heavy atom. The number of carbonyl (C=O) groups is 1. The van der Waals surface area contributed by atoms with E-state index in [0.29, 0.717) is 11.3 Å². The summed E-state index contributed by atoms with van der Waals surface area (Å²) >= 11 is 0. The molecule has 0 fully saturated rings. The molecule has 0 aliphatic heterocycles. The van der Waals surface area contributed by atoms with E-state index in [2.05, 4.69) is 11.9 Å². The van der Waals surface area contributed by atoms with Gasteiger partial charge in [0.05, 0.1) is 17.1 Å². The Bertz CT molecular complexity index is 1180. The second kappa shape index (κ2) is 9.18. The summed E-state index contributed by atoms with van der Waals surface area (Å²) in [7, 11) is -3.75. The van der Waals surface area contributed by atoms with Crippen molar-refractivity contribution in [2.45, 2.75) is 25.7 Å². The third-order valence-electron chi connectivity index (χ3n) is 4.96. The largest absolute Gasteiger partial charge is 0.322 e. The van der Waals surface area contributed by atoms with Gasteiger partial charge < -0.3 is 5.32 Å². The quantitative estimate of drug-likeness (QED) is 0.517. The van der Waals surface area contributed by atoms with Crippen molar-refractivity contribution >= 4 is 27.3 Å². The fourth-order valence-corrected chi connectivity index (χ4v) is 4.98. The average Bonchev–Trinajstić information content (AvgIpc) is 2.75. The molecule has 6 heteroatoms. The molecular formula is C25H26N2O3S. The summed E-state index contributed by atoms with van der Waals surface area (Å²) in [6.07, 6.45) is 1.53. The summed E-state index contributed by atoms with van der Waals surface area (Å²) < 4.78 is 27.4. The number of sulfonamides is 1. The van der Waals surface area contributed by atoms with Crippen molar-refractivity contribution < 1.29 is 13.2 Å². The second-order valence-electron chi connectivity index (χ2n) is 7.41. The summed E-state index contributed by atoms with van der Waals surface area (Å²) in [5.74, 6) is -0.247. The molecule has 0 radical (unpaired) electrons. The van der Waals surface area contributed by atoms with Gasteiger partial charge in [0, 0.05) is 11.3 Å². The molecule has 1 amide bonds. The highest BCUT2D eigenvalue weighted by atomic mass is 32.2. The predicted molar refractivity (Wildman–Crippen MR) is 126 cm³/mol. The van der Waals surface area contributed by atoms with Crippen LogP contribution in [0.3, 0.4) is 0 Å². The number of benzene rings is 3. The Morgan fingerprint density at radius 1 is 0.968 bits per heavy atom. The van der Waals surface area contributed by atoms with Crippen molar-refractivity contribution in [1.29, 1.82) is 0 Å². The first-order chi connectivity index (χ1) is 14.7. The first-order valence-electron chi connectivity index (χ1n) is 9.92. The predicted octanol–water partition coefficient (Wildman–Crippen LogP) is 5.25. The summed E-state index contributed by atoms with van der Waals surface area (Å²) in [6.45, 7) is 9.73. The summed E-state index contributed by atoms with van der Waals surface area (Å²) in [6, 6.07) is 18.8. The molecule has 160 valence electrons. The minimum Gasteiger partial charge on any atom is -0.322 e. The van der Waals surface area contributed by atoms with E-state index in [1.54, 1.807) is 54.6 Å². The fraction of sp³-hybridized carbons (Fsp3) is 0.160. The summed E-state index contributed by atoms with van der Waals surface area (Å²) in [4.78, 5) is 13.0. The molecule has 5 nitrogen and oxygen atoms in total. The molecule has 0 spiro atoms. The maximum Gasteiger partial charge on any atom is 0.264 e. The number of hydrogen-bond acceptors (Lipinski definition) is 3. The SMILES string of the molecule is C=CCN(c1ccc(C(=O)Nc2c(C)cc(C)cc2C)cc1)S(=O)(=O)c1ccccc1. The van der Waals surface area contributed by atoms with Gasteiger partial charge in [0.1, 0.15) is 0 Å². The molecule has 0 saturated heterocycles. The number of aryl methyl sites for hydroxylation is 3. The summed E-state index contributed by atoms with van der Waals surface area (Å²) in [5, 5.41) is 2.96. The molecule has 0 aliphatic rings. The smallest absolute Gasteiger partial charge is 0.264 e. The van der Waals surface area contributed by atoms with Crippen molar-refractivity contribution in [2.75, 3.05) is 16.2 Å². The van der Waals surface area contributed by atoms with Crippen molar-refractivity contribution in [3.05, 3.63) is 102 Å². The molecule has 3 aromatic carbocycles. The lowest BCUT2D eigenvalue weighted by atomic mass is 10.0. The van der Waals surface area contributed by atoms with Gasteiger partial charge in [-0.05, 0) is 68.3 Å². The van der Waals surface area contributed by atoms with Gasteiger partial charge in [0.2, 0.25) is 0 Å². The van der Waals surface area contributed by atoms with E-state index in [1.807, 2.05) is 32.9 Å². The van der Waals surface area contributed by atoms with E-state index in [4.69, 9.17) is 0 Å². The first-order valence-corrected chi connectivity index (χ1v) is 11.4. The zero-order valence-corrected chi connectivity index (χ0v) is 18.7. The van der Waals surface area contributed by atoms with Crippen molar-refractivity contribution in [1.82, 2.24) is 0 Å².